The fourth-order valence-corrected chi connectivity index (χ4v) is 4.82. The molecule has 36 heavy (non-hydrogen) atoms. The summed E-state index contributed by atoms with van der Waals surface area (Å²) in [4.78, 5) is 47.0. The highest BCUT2D eigenvalue weighted by Gasteiger charge is 2.26. The number of nitrogens with one attached hydrogen (secondary N) is 1. The number of nitrogens with zero attached hydrogens (tertiary/aromatic N) is 4. The fraction of sp³-hybridized carbons (Fsp3) is 0.593. The smallest absolute Gasteiger partial charge is 0.330 e. The van der Waals surface area contributed by atoms with E-state index in [1.807, 2.05) is 45.7 Å². The van der Waals surface area contributed by atoms with E-state index in [1.54, 1.807) is 0 Å². The van der Waals surface area contributed by atoms with Crippen LogP contribution in [-0.4, -0.2) is 53.6 Å². The second-order valence-corrected chi connectivity index (χ2v) is 10.7. The van der Waals surface area contributed by atoms with Crippen molar-refractivity contribution < 1.29 is 4.79 Å². The number of carbonyl (C=O) groups is 1. The molecule has 1 aromatic carbocycles. The van der Waals surface area contributed by atoms with Crippen molar-refractivity contribution in [2.24, 2.45) is 11.8 Å². The number of hydrogen-bond donors (Lipinski definition) is 2. The Morgan fingerprint density at radius 3 is 2.36 bits per heavy atom. The highest BCUT2D eigenvalue weighted by atomic mass is 16.2. The molecule has 1 aliphatic rings. The predicted octanol–water partition coefficient (Wildman–Crippen LogP) is 2.89. The van der Waals surface area contributed by atoms with Crippen molar-refractivity contribution in [1.29, 1.82) is 0 Å². The van der Waals surface area contributed by atoms with Crippen LogP contribution >= 0.6 is 0 Å². The summed E-state index contributed by atoms with van der Waals surface area (Å²) >= 11 is 0. The van der Waals surface area contributed by atoms with E-state index in [9.17, 15) is 14.4 Å². The van der Waals surface area contributed by atoms with Gasteiger partial charge in [0.15, 0.2) is 5.69 Å². The minimum atomic E-state index is -0.635. The zero-order valence-electron chi connectivity index (χ0n) is 22.4. The lowest BCUT2D eigenvalue weighted by Gasteiger charge is -2.32. The second kappa shape index (κ2) is 12.3. The molecule has 3 rings (SSSR count). The summed E-state index contributed by atoms with van der Waals surface area (Å²) < 4.78 is 1.35. The molecule has 0 aliphatic carbocycles. The molecule has 3 N–H and O–H groups in total. The summed E-state index contributed by atoms with van der Waals surface area (Å²) in [5.41, 5.74) is 7.59. The van der Waals surface area contributed by atoms with Gasteiger partial charge in [-0.05, 0) is 49.8 Å². The number of anilines is 3. The highest BCUT2D eigenvalue weighted by molar-refractivity contribution is 5.96. The van der Waals surface area contributed by atoms with Crippen molar-refractivity contribution in [3.05, 3.63) is 50.7 Å². The van der Waals surface area contributed by atoms with Crippen LogP contribution in [0, 0.1) is 11.8 Å². The summed E-state index contributed by atoms with van der Waals surface area (Å²) in [6, 6.07) is 8.35. The lowest BCUT2D eigenvalue weighted by atomic mass is 10.1. The predicted molar refractivity (Wildman–Crippen MR) is 147 cm³/mol. The summed E-state index contributed by atoms with van der Waals surface area (Å²) in [5.74, 6) is 0.0469. The molecule has 1 saturated heterocycles. The number of nitrogens with two attached hydrogens (primary N) is 1. The van der Waals surface area contributed by atoms with E-state index in [-0.39, 0.29) is 35.8 Å². The Bertz CT molecular complexity index is 1150. The number of aromatic nitrogens is 2. The first-order chi connectivity index (χ1) is 17.1. The standard InChI is InChI=1S/C27H42N6O3/c1-19(2)15-32(24-25(28)33(16-20(3)4)27(36)29-26(24)35)23(34)18-30(5)17-21-11-7-8-12-22(21)31-13-9-6-10-14-31/h7-8,11-12,19-20H,6,9-10,13-18,28H2,1-5H3,(H,29,35,36). The number of aromatic amines is 1. The molecule has 2 heterocycles. The molecular formula is C27H42N6O3. The van der Waals surface area contributed by atoms with Crippen LogP contribution in [0.1, 0.15) is 52.5 Å². The summed E-state index contributed by atoms with van der Waals surface area (Å²) in [6.45, 7) is 11.4. The number of nitrogen functional groups attached to an aromatic ring is 1. The molecule has 1 amide bonds. The number of H-pyrrole nitrogens is 1. The maximum atomic E-state index is 13.6. The number of rotatable bonds is 10. The van der Waals surface area contributed by atoms with E-state index in [0.717, 1.165) is 13.1 Å². The van der Waals surface area contributed by atoms with Crippen molar-refractivity contribution >= 4 is 23.1 Å². The van der Waals surface area contributed by atoms with Gasteiger partial charge in [0.1, 0.15) is 5.82 Å². The Morgan fingerprint density at radius 1 is 1.06 bits per heavy atom. The summed E-state index contributed by atoms with van der Waals surface area (Å²) in [6.07, 6.45) is 3.66. The van der Waals surface area contributed by atoms with Gasteiger partial charge in [0.25, 0.3) is 5.56 Å². The van der Waals surface area contributed by atoms with E-state index in [1.165, 1.54) is 40.0 Å². The third-order valence-electron chi connectivity index (χ3n) is 6.41. The third-order valence-corrected chi connectivity index (χ3v) is 6.41. The number of likely N-dealkylation sites (N-methyl/N-ethyl adjacent to an activating group) is 1. The molecule has 0 radical (unpaired) electrons. The van der Waals surface area contributed by atoms with Gasteiger partial charge in [-0.3, -0.25) is 24.0 Å². The SMILES string of the molecule is CC(C)CN(C(=O)CN(C)Cc1ccccc1N1CCCCC1)c1c(N)n(CC(C)C)c(=O)[nH]c1=O. The molecule has 198 valence electrons. The van der Waals surface area contributed by atoms with E-state index in [2.05, 4.69) is 28.1 Å². The molecule has 0 unspecified atom stereocenters. The lowest BCUT2D eigenvalue weighted by molar-refractivity contribution is -0.119. The number of carbonyl (C=O) groups excluding carboxylic acids is 1. The zero-order valence-corrected chi connectivity index (χ0v) is 22.4. The van der Waals surface area contributed by atoms with Gasteiger partial charge in [0.05, 0.1) is 6.54 Å². The van der Waals surface area contributed by atoms with Crippen LogP contribution in [-0.2, 0) is 17.9 Å². The van der Waals surface area contributed by atoms with Gasteiger partial charge in [-0.25, -0.2) is 4.79 Å². The maximum Gasteiger partial charge on any atom is 0.330 e. The molecule has 1 fully saturated rings. The van der Waals surface area contributed by atoms with Crippen LogP contribution in [0.4, 0.5) is 17.2 Å². The highest BCUT2D eigenvalue weighted by Crippen LogP contribution is 2.25. The largest absolute Gasteiger partial charge is 0.383 e. The molecular weight excluding hydrogens is 456 g/mol. The van der Waals surface area contributed by atoms with E-state index < -0.39 is 11.2 Å². The first kappa shape index (κ1) is 27.5. The van der Waals surface area contributed by atoms with Crippen molar-refractivity contribution in [2.75, 3.05) is 48.8 Å². The Kier molecular flexibility index (Phi) is 9.37. The van der Waals surface area contributed by atoms with E-state index in [0.29, 0.717) is 19.6 Å². The molecule has 1 aliphatic heterocycles. The number of hydrogen-bond acceptors (Lipinski definition) is 6. The Balaban J connectivity index is 1.85. The number of piperidine rings is 1. The quantitative estimate of drug-likeness (QED) is 0.522. The topological polar surface area (TPSA) is 108 Å². The maximum absolute atomic E-state index is 13.6. The molecule has 2 aromatic rings. The fourth-order valence-electron chi connectivity index (χ4n) is 4.82. The molecule has 0 spiro atoms. The average Bonchev–Trinajstić information content (AvgIpc) is 2.81. The van der Waals surface area contributed by atoms with Crippen molar-refractivity contribution in [3.8, 4) is 0 Å². The van der Waals surface area contributed by atoms with Crippen LogP contribution in [0.25, 0.3) is 0 Å². The number of benzene rings is 1. The van der Waals surface area contributed by atoms with E-state index in [4.69, 9.17) is 5.73 Å². The zero-order chi connectivity index (χ0) is 26.4. The van der Waals surface area contributed by atoms with Crippen LogP contribution in [0.2, 0.25) is 0 Å². The monoisotopic (exact) mass is 498 g/mol. The summed E-state index contributed by atoms with van der Waals surface area (Å²) in [7, 11) is 1.91. The second-order valence-electron chi connectivity index (χ2n) is 10.7. The summed E-state index contributed by atoms with van der Waals surface area (Å²) in [5, 5.41) is 0. The molecule has 1 aromatic heterocycles. The lowest BCUT2D eigenvalue weighted by Crippen LogP contribution is -2.46. The normalized spacial score (nSPS) is 14.2. The van der Waals surface area contributed by atoms with Crippen LogP contribution in [0.15, 0.2) is 33.9 Å². The minimum absolute atomic E-state index is 0.0320. The first-order valence-electron chi connectivity index (χ1n) is 13.0. The molecule has 9 nitrogen and oxygen atoms in total. The van der Waals surface area contributed by atoms with Crippen molar-refractivity contribution in [3.63, 3.8) is 0 Å². The molecule has 0 atom stereocenters. The van der Waals surface area contributed by atoms with Gasteiger partial charge in [-0.2, -0.15) is 0 Å². The average molecular weight is 499 g/mol. The van der Waals surface area contributed by atoms with Crippen molar-refractivity contribution in [2.45, 2.75) is 60.0 Å². The van der Waals surface area contributed by atoms with Gasteiger partial charge in [-0.1, -0.05) is 45.9 Å². The Hall–Kier alpha value is -3.07. The third kappa shape index (κ3) is 6.78. The van der Waals surface area contributed by atoms with E-state index >= 15 is 0 Å². The molecule has 0 saturated carbocycles. The van der Waals surface area contributed by atoms with Gasteiger partial charge in [0.2, 0.25) is 5.91 Å². The Morgan fingerprint density at radius 2 is 1.72 bits per heavy atom. The van der Waals surface area contributed by atoms with Crippen LogP contribution in [0.3, 0.4) is 0 Å². The van der Waals surface area contributed by atoms with Crippen LogP contribution in [0.5, 0.6) is 0 Å². The number of amides is 1. The first-order valence-corrected chi connectivity index (χ1v) is 13.0. The van der Waals surface area contributed by atoms with Gasteiger partial charge in [-0.15, -0.1) is 0 Å². The van der Waals surface area contributed by atoms with Crippen LogP contribution < -0.4 is 26.8 Å². The molecule has 0 bridgehead atoms. The Labute approximate surface area is 213 Å². The van der Waals surface area contributed by atoms with Gasteiger partial charge < -0.3 is 15.5 Å². The number of para-hydroxylation sites is 1. The molecule has 9 heteroatoms. The minimum Gasteiger partial charge on any atom is -0.383 e. The van der Waals surface area contributed by atoms with Crippen molar-refractivity contribution in [1.82, 2.24) is 14.5 Å². The van der Waals surface area contributed by atoms with Gasteiger partial charge >= 0.3 is 5.69 Å². The van der Waals surface area contributed by atoms with Gasteiger partial charge in [0, 0.05) is 38.4 Å².